The van der Waals surface area contributed by atoms with Crippen molar-refractivity contribution in [3.63, 3.8) is 0 Å². The van der Waals surface area contributed by atoms with Gasteiger partial charge in [-0.2, -0.15) is 5.10 Å². The number of carbonyl (C=O) groups excluding carboxylic acids is 1. The van der Waals surface area contributed by atoms with Gasteiger partial charge in [0.05, 0.1) is 0 Å². The summed E-state index contributed by atoms with van der Waals surface area (Å²) in [5.74, 6) is 0.553. The molecule has 2 fully saturated rings. The van der Waals surface area contributed by atoms with Crippen molar-refractivity contribution in [1.82, 2.24) is 5.43 Å². The molecule has 0 radical (unpaired) electrons. The van der Waals surface area contributed by atoms with E-state index in [2.05, 4.69) is 47.2 Å². The van der Waals surface area contributed by atoms with E-state index in [1.807, 2.05) is 18.2 Å². The first-order valence-electron chi connectivity index (χ1n) is 7.47. The molecule has 2 aliphatic carbocycles. The van der Waals surface area contributed by atoms with E-state index in [0.29, 0.717) is 11.5 Å². The van der Waals surface area contributed by atoms with Gasteiger partial charge in [-0.15, -0.1) is 0 Å². The molecule has 2 saturated carbocycles. The summed E-state index contributed by atoms with van der Waals surface area (Å²) in [6.07, 6.45) is 3.47. The van der Waals surface area contributed by atoms with Crippen molar-refractivity contribution in [1.29, 1.82) is 0 Å². The van der Waals surface area contributed by atoms with E-state index in [1.54, 1.807) is 6.07 Å². The Bertz CT molecular complexity index is 623. The summed E-state index contributed by atoms with van der Waals surface area (Å²) in [6, 6.07) is 7.37. The summed E-state index contributed by atoms with van der Waals surface area (Å²) in [7, 11) is 0. The molecule has 3 rings (SSSR count). The van der Waals surface area contributed by atoms with Crippen LogP contribution in [0.1, 0.15) is 50.4 Å². The molecule has 2 aliphatic rings. The molecule has 2 atom stereocenters. The molecule has 0 unspecified atom stereocenters. The third-order valence-electron chi connectivity index (χ3n) is 5.89. The zero-order chi connectivity index (χ0) is 15.3. The number of benzene rings is 1. The summed E-state index contributed by atoms with van der Waals surface area (Å²) in [5, 5.41) is 4.48. The van der Waals surface area contributed by atoms with Crippen molar-refractivity contribution < 1.29 is 4.79 Å². The largest absolute Gasteiger partial charge is 0.271 e. The maximum absolute atomic E-state index is 12.2. The maximum Gasteiger partial charge on any atom is 0.271 e. The van der Waals surface area contributed by atoms with Crippen LogP contribution in [0.3, 0.4) is 0 Å². The first-order chi connectivity index (χ1) is 9.84. The summed E-state index contributed by atoms with van der Waals surface area (Å²) >= 11 is 3.38. The lowest BCUT2D eigenvalue weighted by Gasteiger charge is -2.34. The Hall–Kier alpha value is -1.16. The molecule has 3 nitrogen and oxygen atoms in total. The Balaban J connectivity index is 1.77. The monoisotopic (exact) mass is 348 g/mol. The number of hydrogen-bond donors (Lipinski definition) is 1. The van der Waals surface area contributed by atoms with Crippen LogP contribution >= 0.6 is 15.9 Å². The summed E-state index contributed by atoms with van der Waals surface area (Å²) in [4.78, 5) is 12.2. The number of nitrogens with zero attached hydrogens (tertiary/aromatic N) is 1. The summed E-state index contributed by atoms with van der Waals surface area (Å²) < 4.78 is 0.899. The van der Waals surface area contributed by atoms with Crippen molar-refractivity contribution in [2.24, 2.45) is 21.8 Å². The molecule has 0 heterocycles. The average molecular weight is 349 g/mol. The fourth-order valence-corrected chi connectivity index (χ4v) is 4.31. The molecule has 112 valence electrons. The molecule has 0 aromatic heterocycles. The highest BCUT2D eigenvalue weighted by Gasteiger charge is 2.59. The lowest BCUT2D eigenvalue weighted by molar-refractivity contribution is 0.0954. The molecule has 0 spiro atoms. The van der Waals surface area contributed by atoms with Gasteiger partial charge < -0.3 is 0 Å². The number of carbonyl (C=O) groups is 1. The predicted molar refractivity (Wildman–Crippen MR) is 88.3 cm³/mol. The van der Waals surface area contributed by atoms with Crippen LogP contribution in [0.15, 0.2) is 33.8 Å². The van der Waals surface area contributed by atoms with Gasteiger partial charge in [-0.1, -0.05) is 42.8 Å². The Morgan fingerprint density at radius 3 is 2.71 bits per heavy atom. The van der Waals surface area contributed by atoms with Crippen molar-refractivity contribution in [3.8, 4) is 0 Å². The Morgan fingerprint density at radius 2 is 2.14 bits per heavy atom. The molecule has 2 bridgehead atoms. The molecular formula is C17H21BrN2O. The highest BCUT2D eigenvalue weighted by atomic mass is 79.9. The molecule has 1 N–H and O–H groups in total. The van der Waals surface area contributed by atoms with E-state index in [1.165, 1.54) is 12.8 Å². The van der Waals surface area contributed by atoms with Gasteiger partial charge in [-0.3, -0.25) is 4.79 Å². The lowest BCUT2D eigenvalue weighted by Crippen LogP contribution is -2.34. The molecule has 1 aromatic carbocycles. The van der Waals surface area contributed by atoms with Gasteiger partial charge in [0.1, 0.15) is 0 Å². The number of hydrazone groups is 1. The quantitative estimate of drug-likeness (QED) is 0.791. The number of rotatable bonds is 2. The normalized spacial score (nSPS) is 31.6. The van der Waals surface area contributed by atoms with Crippen molar-refractivity contribution >= 4 is 27.5 Å². The fourth-order valence-electron chi connectivity index (χ4n) is 3.91. The average Bonchev–Trinajstić information content (AvgIpc) is 2.77. The van der Waals surface area contributed by atoms with Gasteiger partial charge in [0.25, 0.3) is 5.91 Å². The highest BCUT2D eigenvalue weighted by molar-refractivity contribution is 9.10. The van der Waals surface area contributed by atoms with E-state index in [4.69, 9.17) is 0 Å². The third kappa shape index (κ3) is 2.24. The Morgan fingerprint density at radius 1 is 1.38 bits per heavy atom. The van der Waals surface area contributed by atoms with E-state index >= 15 is 0 Å². The zero-order valence-electron chi connectivity index (χ0n) is 12.7. The van der Waals surface area contributed by atoms with Crippen LogP contribution in [-0.2, 0) is 0 Å². The minimum absolute atomic E-state index is 0.127. The van der Waals surface area contributed by atoms with E-state index < -0.39 is 0 Å². The van der Waals surface area contributed by atoms with Crippen LogP contribution in [0.25, 0.3) is 0 Å². The maximum atomic E-state index is 12.2. The number of hydrogen-bond acceptors (Lipinski definition) is 2. The van der Waals surface area contributed by atoms with Crippen molar-refractivity contribution in [3.05, 3.63) is 34.3 Å². The number of fused-ring (bicyclic) bond motifs is 2. The van der Waals surface area contributed by atoms with Gasteiger partial charge >= 0.3 is 0 Å². The molecule has 0 saturated heterocycles. The van der Waals surface area contributed by atoms with Crippen molar-refractivity contribution in [2.75, 3.05) is 0 Å². The first-order valence-corrected chi connectivity index (χ1v) is 8.27. The van der Waals surface area contributed by atoms with Gasteiger partial charge in [-0.25, -0.2) is 5.43 Å². The van der Waals surface area contributed by atoms with Crippen LogP contribution in [0.5, 0.6) is 0 Å². The molecular weight excluding hydrogens is 328 g/mol. The smallest absolute Gasteiger partial charge is 0.267 e. The minimum Gasteiger partial charge on any atom is -0.267 e. The second kappa shape index (κ2) is 4.94. The Labute approximate surface area is 134 Å². The van der Waals surface area contributed by atoms with Crippen LogP contribution in [0.4, 0.5) is 0 Å². The number of nitrogens with one attached hydrogen (secondary N) is 1. The minimum atomic E-state index is -0.145. The summed E-state index contributed by atoms with van der Waals surface area (Å²) in [5.41, 5.74) is 4.94. The molecule has 1 aromatic rings. The molecule has 1 amide bonds. The second-order valence-electron chi connectivity index (χ2n) is 7.00. The van der Waals surface area contributed by atoms with E-state index in [9.17, 15) is 4.79 Å². The van der Waals surface area contributed by atoms with E-state index in [0.717, 1.165) is 16.6 Å². The number of amides is 1. The van der Waals surface area contributed by atoms with Crippen LogP contribution < -0.4 is 5.43 Å². The van der Waals surface area contributed by atoms with Crippen molar-refractivity contribution in [2.45, 2.75) is 40.0 Å². The molecule has 0 aliphatic heterocycles. The molecule has 21 heavy (non-hydrogen) atoms. The first kappa shape index (κ1) is 14.8. The summed E-state index contributed by atoms with van der Waals surface area (Å²) in [6.45, 7) is 6.97. The van der Waals surface area contributed by atoms with Gasteiger partial charge in [0.2, 0.25) is 0 Å². The topological polar surface area (TPSA) is 41.5 Å². The SMILES string of the molecule is CC1(C)[C@@H]2CC[C@@]1(C)/C(=N\NC(=O)c1cccc(Br)c1)C2. The molecule has 4 heteroatoms. The highest BCUT2D eigenvalue weighted by Crippen LogP contribution is 2.63. The Kier molecular flexibility index (Phi) is 3.47. The van der Waals surface area contributed by atoms with E-state index in [-0.39, 0.29) is 16.7 Å². The lowest BCUT2D eigenvalue weighted by atomic mass is 9.70. The van der Waals surface area contributed by atoms with Crippen LogP contribution in [-0.4, -0.2) is 11.6 Å². The van der Waals surface area contributed by atoms with Crippen LogP contribution in [0.2, 0.25) is 0 Å². The second-order valence-corrected chi connectivity index (χ2v) is 7.92. The van der Waals surface area contributed by atoms with Gasteiger partial charge in [0, 0.05) is 21.2 Å². The number of halogens is 1. The standard InChI is InChI=1S/C17H21BrN2O/c1-16(2)12-7-8-17(16,3)14(10-12)19-20-15(21)11-5-4-6-13(18)9-11/h4-6,9,12H,7-8,10H2,1-3H3,(H,20,21)/b19-14-/t12-,17+/m1/s1. The third-order valence-corrected chi connectivity index (χ3v) is 6.38. The zero-order valence-corrected chi connectivity index (χ0v) is 14.3. The predicted octanol–water partition coefficient (Wildman–Crippen LogP) is 4.38. The van der Waals surface area contributed by atoms with Gasteiger partial charge in [-0.05, 0) is 48.8 Å². The fraction of sp³-hybridized carbons (Fsp3) is 0.529. The van der Waals surface area contributed by atoms with Crippen LogP contribution in [0, 0.1) is 16.7 Å². The van der Waals surface area contributed by atoms with Gasteiger partial charge in [0.15, 0.2) is 0 Å².